The Bertz CT molecular complexity index is 749. The summed E-state index contributed by atoms with van der Waals surface area (Å²) in [6.45, 7) is 3.29. The number of ether oxygens (including phenoxy) is 1. The van der Waals surface area contributed by atoms with E-state index in [1.54, 1.807) is 0 Å². The summed E-state index contributed by atoms with van der Waals surface area (Å²) in [5.41, 5.74) is 11.7. The second-order valence-electron chi connectivity index (χ2n) is 6.19. The highest BCUT2D eigenvalue weighted by atomic mass is 16.5. The number of hydrogen-bond acceptors (Lipinski definition) is 6. The molecule has 1 saturated heterocycles. The van der Waals surface area contributed by atoms with Crippen molar-refractivity contribution in [3.8, 4) is 0 Å². The summed E-state index contributed by atoms with van der Waals surface area (Å²) in [4.78, 5) is 20.3. The van der Waals surface area contributed by atoms with Crippen LogP contribution in [0.25, 0.3) is 0 Å². The van der Waals surface area contributed by atoms with Crippen LogP contribution in [0.2, 0.25) is 0 Å². The molecule has 3 rings (SSSR count). The molecule has 1 fully saturated rings. The number of amides is 1. The number of carbonyl (C=O) groups excluding carboxylic acids is 1. The molecule has 2 heterocycles. The average molecular weight is 343 g/mol. The lowest BCUT2D eigenvalue weighted by atomic mass is 10.1. The lowest BCUT2D eigenvalue weighted by Crippen LogP contribution is -2.71. The van der Waals surface area contributed by atoms with E-state index >= 15 is 0 Å². The summed E-state index contributed by atoms with van der Waals surface area (Å²) in [5.74, 6) is 0.226. The fourth-order valence-corrected chi connectivity index (χ4v) is 2.65. The van der Waals surface area contributed by atoms with Crippen LogP contribution in [0.3, 0.4) is 0 Å². The maximum Gasteiger partial charge on any atom is 0.254 e. The second-order valence-corrected chi connectivity index (χ2v) is 6.19. The molecule has 1 amide bonds. The van der Waals surface area contributed by atoms with Gasteiger partial charge in [0.15, 0.2) is 0 Å². The minimum absolute atomic E-state index is 0.113. The number of quaternary nitrogens is 1. The molecule has 1 aliphatic heterocycles. The SMILES string of the molecule is Cc1ccc(Nc2nc(N[C@@H]3CCOC[C@@H]3[NH3+])ncc2C(N)=O)cc1. The van der Waals surface area contributed by atoms with Gasteiger partial charge in [0.1, 0.15) is 24.0 Å². The molecule has 2 atom stereocenters. The maximum atomic E-state index is 11.7. The third kappa shape index (κ3) is 4.23. The number of aromatic nitrogens is 2. The highest BCUT2D eigenvalue weighted by molar-refractivity contribution is 5.98. The number of hydrogen-bond donors (Lipinski definition) is 4. The zero-order chi connectivity index (χ0) is 17.8. The van der Waals surface area contributed by atoms with E-state index in [2.05, 4.69) is 26.3 Å². The molecule has 8 nitrogen and oxygen atoms in total. The minimum Gasteiger partial charge on any atom is -0.375 e. The first-order chi connectivity index (χ1) is 12.0. The Morgan fingerprint density at radius 1 is 1.36 bits per heavy atom. The molecule has 1 aliphatic rings. The summed E-state index contributed by atoms with van der Waals surface area (Å²) in [5, 5.41) is 6.41. The number of anilines is 3. The molecule has 7 N–H and O–H groups in total. The van der Waals surface area contributed by atoms with Crippen molar-refractivity contribution in [2.24, 2.45) is 5.73 Å². The van der Waals surface area contributed by atoms with Gasteiger partial charge in [0.2, 0.25) is 5.95 Å². The van der Waals surface area contributed by atoms with Crippen LogP contribution in [0.1, 0.15) is 22.3 Å². The van der Waals surface area contributed by atoms with E-state index in [0.29, 0.717) is 25.0 Å². The van der Waals surface area contributed by atoms with E-state index in [0.717, 1.165) is 17.7 Å². The molecular formula is C17H23N6O2+. The van der Waals surface area contributed by atoms with Crippen LogP contribution in [0.4, 0.5) is 17.5 Å². The Labute approximate surface area is 146 Å². The van der Waals surface area contributed by atoms with Crippen molar-refractivity contribution in [3.05, 3.63) is 41.6 Å². The van der Waals surface area contributed by atoms with Crippen LogP contribution in [0.5, 0.6) is 0 Å². The minimum atomic E-state index is -0.581. The van der Waals surface area contributed by atoms with E-state index in [1.165, 1.54) is 6.20 Å². The Balaban J connectivity index is 1.83. The fourth-order valence-electron chi connectivity index (χ4n) is 2.65. The van der Waals surface area contributed by atoms with E-state index in [1.807, 2.05) is 31.2 Å². The standard InChI is InChI=1S/C17H22N6O2/c1-10-2-4-11(5-3-10)21-16-12(15(19)24)8-20-17(23-16)22-14-6-7-25-9-13(14)18/h2-5,8,13-14H,6-7,9,18H2,1H3,(H2,19,24)(H2,20,21,22,23)/p+1/t13-,14+/m0/s1. The molecule has 0 radical (unpaired) electrons. The third-order valence-electron chi connectivity index (χ3n) is 4.16. The second kappa shape index (κ2) is 7.45. The first kappa shape index (κ1) is 17.1. The Hall–Kier alpha value is -2.71. The molecule has 0 bridgehead atoms. The molecule has 25 heavy (non-hydrogen) atoms. The quantitative estimate of drug-likeness (QED) is 0.623. The normalized spacial score (nSPS) is 20.1. The van der Waals surface area contributed by atoms with Crippen LogP contribution in [0.15, 0.2) is 30.5 Å². The van der Waals surface area contributed by atoms with Crippen molar-refractivity contribution in [2.45, 2.75) is 25.4 Å². The zero-order valence-electron chi connectivity index (χ0n) is 14.2. The van der Waals surface area contributed by atoms with Crippen molar-refractivity contribution >= 4 is 23.4 Å². The fraction of sp³-hybridized carbons (Fsp3) is 0.353. The van der Waals surface area contributed by atoms with E-state index in [4.69, 9.17) is 10.5 Å². The van der Waals surface area contributed by atoms with Crippen LogP contribution < -0.4 is 22.1 Å². The van der Waals surface area contributed by atoms with Gasteiger partial charge in [-0.15, -0.1) is 0 Å². The Morgan fingerprint density at radius 2 is 2.12 bits per heavy atom. The van der Waals surface area contributed by atoms with Gasteiger partial charge in [0.05, 0.1) is 6.04 Å². The predicted molar refractivity (Wildman–Crippen MR) is 94.5 cm³/mol. The van der Waals surface area contributed by atoms with Crippen LogP contribution >= 0.6 is 0 Å². The van der Waals surface area contributed by atoms with Gasteiger partial charge in [-0.1, -0.05) is 17.7 Å². The monoisotopic (exact) mass is 343 g/mol. The molecule has 0 spiro atoms. The topological polar surface area (TPSA) is 130 Å². The van der Waals surface area contributed by atoms with Crippen LogP contribution in [0, 0.1) is 6.92 Å². The van der Waals surface area contributed by atoms with Gasteiger partial charge in [-0.2, -0.15) is 4.98 Å². The van der Waals surface area contributed by atoms with Crippen molar-refractivity contribution in [1.82, 2.24) is 9.97 Å². The molecule has 132 valence electrons. The number of benzene rings is 1. The van der Waals surface area contributed by atoms with Gasteiger partial charge in [-0.05, 0) is 25.5 Å². The first-order valence-corrected chi connectivity index (χ1v) is 8.21. The summed E-state index contributed by atoms with van der Waals surface area (Å²) >= 11 is 0. The van der Waals surface area contributed by atoms with Gasteiger partial charge in [-0.3, -0.25) is 4.79 Å². The molecular weight excluding hydrogens is 320 g/mol. The number of nitrogens with zero attached hydrogens (tertiary/aromatic N) is 2. The van der Waals surface area contributed by atoms with Crippen molar-refractivity contribution in [2.75, 3.05) is 23.8 Å². The van der Waals surface area contributed by atoms with Crippen molar-refractivity contribution < 1.29 is 15.3 Å². The summed E-state index contributed by atoms with van der Waals surface area (Å²) in [6.07, 6.45) is 2.27. The maximum absolute atomic E-state index is 11.7. The first-order valence-electron chi connectivity index (χ1n) is 8.21. The van der Waals surface area contributed by atoms with Crippen LogP contribution in [-0.4, -0.2) is 41.2 Å². The predicted octanol–water partition coefficient (Wildman–Crippen LogP) is 0.439. The largest absolute Gasteiger partial charge is 0.375 e. The van der Waals surface area contributed by atoms with Crippen LogP contribution in [-0.2, 0) is 4.74 Å². The van der Waals surface area contributed by atoms with E-state index in [9.17, 15) is 4.79 Å². The lowest BCUT2D eigenvalue weighted by molar-refractivity contribution is -0.435. The van der Waals surface area contributed by atoms with E-state index in [-0.39, 0.29) is 17.6 Å². The zero-order valence-corrected chi connectivity index (χ0v) is 14.2. The van der Waals surface area contributed by atoms with Gasteiger partial charge in [0, 0.05) is 18.5 Å². The Morgan fingerprint density at radius 3 is 2.80 bits per heavy atom. The summed E-state index contributed by atoms with van der Waals surface area (Å²) < 4.78 is 5.40. The van der Waals surface area contributed by atoms with Gasteiger partial charge in [-0.25, -0.2) is 4.98 Å². The molecule has 8 heteroatoms. The number of rotatable bonds is 5. The Kier molecular flexibility index (Phi) is 5.11. The molecule has 0 aliphatic carbocycles. The summed E-state index contributed by atoms with van der Waals surface area (Å²) in [6, 6.07) is 8.02. The summed E-state index contributed by atoms with van der Waals surface area (Å²) in [7, 11) is 0. The van der Waals surface area contributed by atoms with Crippen molar-refractivity contribution in [1.29, 1.82) is 0 Å². The van der Waals surface area contributed by atoms with Gasteiger partial charge < -0.3 is 26.8 Å². The number of nitrogens with one attached hydrogen (secondary N) is 2. The van der Waals surface area contributed by atoms with Gasteiger partial charge in [0.25, 0.3) is 5.91 Å². The highest BCUT2D eigenvalue weighted by Crippen LogP contribution is 2.21. The number of primary amides is 1. The van der Waals surface area contributed by atoms with E-state index < -0.39 is 5.91 Å². The number of nitrogens with two attached hydrogens (primary N) is 1. The molecule has 0 unspecified atom stereocenters. The molecule has 2 aromatic rings. The molecule has 0 saturated carbocycles. The molecule has 1 aromatic heterocycles. The smallest absolute Gasteiger partial charge is 0.254 e. The number of carbonyl (C=O) groups is 1. The molecule has 1 aromatic carbocycles. The van der Waals surface area contributed by atoms with Crippen molar-refractivity contribution in [3.63, 3.8) is 0 Å². The number of aryl methyl sites for hydroxylation is 1. The third-order valence-corrected chi connectivity index (χ3v) is 4.16. The van der Waals surface area contributed by atoms with Gasteiger partial charge >= 0.3 is 0 Å². The average Bonchev–Trinajstić information content (AvgIpc) is 2.59. The lowest BCUT2D eigenvalue weighted by Gasteiger charge is -2.26. The highest BCUT2D eigenvalue weighted by Gasteiger charge is 2.26.